The zero-order valence-electron chi connectivity index (χ0n) is 9.61. The summed E-state index contributed by atoms with van der Waals surface area (Å²) >= 11 is 0. The molecule has 5 heteroatoms. The molecule has 0 amide bonds. The van der Waals surface area contributed by atoms with Gasteiger partial charge in [-0.1, -0.05) is 0 Å². The minimum atomic E-state index is -0.681. The van der Waals surface area contributed by atoms with E-state index in [1.165, 1.54) is 12.1 Å². The summed E-state index contributed by atoms with van der Waals surface area (Å²) in [4.78, 5) is 7.14. The molecule has 3 rings (SSSR count). The van der Waals surface area contributed by atoms with E-state index in [1.807, 2.05) is 6.07 Å². The van der Waals surface area contributed by atoms with Crippen molar-refractivity contribution in [3.8, 4) is 17.5 Å². The van der Waals surface area contributed by atoms with Crippen LogP contribution in [0.3, 0.4) is 0 Å². The molecule has 0 aliphatic carbocycles. The Kier molecular flexibility index (Phi) is 2.50. The third-order valence-corrected chi connectivity index (χ3v) is 2.80. The largest absolute Gasteiger partial charge is 0.338 e. The average Bonchev–Trinajstić information content (AvgIpc) is 2.80. The Balaban J connectivity index is 2.18. The van der Waals surface area contributed by atoms with Crippen LogP contribution in [-0.4, -0.2) is 9.97 Å². The first-order chi connectivity index (χ1) is 9.17. The number of rotatable bonds is 1. The molecule has 0 radical (unpaired) electrons. The molecule has 0 fully saturated rings. The molecule has 0 saturated heterocycles. The molecule has 1 heterocycles. The van der Waals surface area contributed by atoms with Gasteiger partial charge >= 0.3 is 0 Å². The van der Waals surface area contributed by atoms with E-state index in [2.05, 4.69) is 9.97 Å². The van der Waals surface area contributed by atoms with Gasteiger partial charge in [0.1, 0.15) is 17.5 Å². The van der Waals surface area contributed by atoms with Crippen LogP contribution < -0.4 is 0 Å². The number of fused-ring (bicyclic) bond motifs is 1. The van der Waals surface area contributed by atoms with E-state index >= 15 is 0 Å². The number of nitrogens with one attached hydrogen (secondary N) is 1. The number of benzene rings is 2. The first kappa shape index (κ1) is 11.4. The van der Waals surface area contributed by atoms with Gasteiger partial charge in [-0.25, -0.2) is 13.8 Å². The van der Waals surface area contributed by atoms with Gasteiger partial charge in [0.2, 0.25) is 0 Å². The van der Waals surface area contributed by atoms with Crippen molar-refractivity contribution in [2.24, 2.45) is 0 Å². The fourth-order valence-corrected chi connectivity index (χ4v) is 1.89. The minimum Gasteiger partial charge on any atom is -0.338 e. The van der Waals surface area contributed by atoms with Gasteiger partial charge in [0.05, 0.1) is 28.2 Å². The predicted molar refractivity (Wildman–Crippen MR) is 66.2 cm³/mol. The number of imidazole rings is 1. The fourth-order valence-electron chi connectivity index (χ4n) is 1.89. The van der Waals surface area contributed by atoms with Crippen molar-refractivity contribution in [3.63, 3.8) is 0 Å². The maximum atomic E-state index is 13.7. The maximum Gasteiger partial charge on any atom is 0.141 e. The summed E-state index contributed by atoms with van der Waals surface area (Å²) in [6.45, 7) is 0. The van der Waals surface area contributed by atoms with Crippen molar-refractivity contribution in [3.05, 3.63) is 53.6 Å². The van der Waals surface area contributed by atoms with Gasteiger partial charge in [-0.05, 0) is 30.3 Å². The third kappa shape index (κ3) is 1.93. The van der Waals surface area contributed by atoms with Crippen molar-refractivity contribution < 1.29 is 8.78 Å². The molecule has 3 nitrogen and oxygen atoms in total. The van der Waals surface area contributed by atoms with Gasteiger partial charge in [-0.15, -0.1) is 0 Å². The van der Waals surface area contributed by atoms with Gasteiger partial charge in [0.15, 0.2) is 0 Å². The second-order valence-corrected chi connectivity index (χ2v) is 4.05. The number of nitrogens with zero attached hydrogens (tertiary/aromatic N) is 2. The van der Waals surface area contributed by atoms with Crippen LogP contribution in [0.2, 0.25) is 0 Å². The van der Waals surface area contributed by atoms with E-state index in [1.54, 1.807) is 18.2 Å². The SMILES string of the molecule is N#Cc1ccc2nc(-c3ccc(F)cc3F)[nH]c2c1. The Hall–Kier alpha value is -2.74. The standard InChI is InChI=1S/C14H7F2N3/c15-9-2-3-10(11(16)6-9)14-18-12-4-1-8(7-17)5-13(12)19-14/h1-6H,(H,18,19). The van der Waals surface area contributed by atoms with E-state index in [9.17, 15) is 8.78 Å². The number of aromatic amines is 1. The van der Waals surface area contributed by atoms with Crippen molar-refractivity contribution in [1.29, 1.82) is 5.26 Å². The van der Waals surface area contributed by atoms with Crippen molar-refractivity contribution >= 4 is 11.0 Å². The zero-order chi connectivity index (χ0) is 13.4. The lowest BCUT2D eigenvalue weighted by atomic mass is 10.2. The Morgan fingerprint density at radius 1 is 1.11 bits per heavy atom. The van der Waals surface area contributed by atoms with E-state index < -0.39 is 11.6 Å². The summed E-state index contributed by atoms with van der Waals surface area (Å²) < 4.78 is 26.5. The van der Waals surface area contributed by atoms with Gasteiger partial charge in [0, 0.05) is 6.07 Å². The molecule has 3 aromatic rings. The van der Waals surface area contributed by atoms with E-state index in [-0.39, 0.29) is 5.56 Å². The van der Waals surface area contributed by atoms with Crippen LogP contribution in [0.4, 0.5) is 8.78 Å². The number of hydrogen-bond acceptors (Lipinski definition) is 2. The zero-order valence-corrected chi connectivity index (χ0v) is 9.61. The van der Waals surface area contributed by atoms with Crippen LogP contribution >= 0.6 is 0 Å². The molecule has 0 unspecified atom stereocenters. The molecule has 0 spiro atoms. The first-order valence-electron chi connectivity index (χ1n) is 5.52. The maximum absolute atomic E-state index is 13.7. The highest BCUT2D eigenvalue weighted by atomic mass is 19.1. The van der Waals surface area contributed by atoms with Gasteiger partial charge in [-0.3, -0.25) is 0 Å². The number of aromatic nitrogens is 2. The highest BCUT2D eigenvalue weighted by molar-refractivity contribution is 5.80. The molecule has 0 saturated carbocycles. The lowest BCUT2D eigenvalue weighted by molar-refractivity contribution is 0.585. The average molecular weight is 255 g/mol. The topological polar surface area (TPSA) is 52.5 Å². The summed E-state index contributed by atoms with van der Waals surface area (Å²) in [5.74, 6) is -1.01. The summed E-state index contributed by atoms with van der Waals surface area (Å²) in [5, 5.41) is 8.81. The molecule has 0 atom stereocenters. The second kappa shape index (κ2) is 4.18. The molecular formula is C14H7F2N3. The fraction of sp³-hybridized carbons (Fsp3) is 0. The molecular weight excluding hydrogens is 248 g/mol. The molecule has 92 valence electrons. The van der Waals surface area contributed by atoms with Crippen LogP contribution in [0.15, 0.2) is 36.4 Å². The molecule has 19 heavy (non-hydrogen) atoms. The van der Waals surface area contributed by atoms with Gasteiger partial charge in [-0.2, -0.15) is 5.26 Å². The van der Waals surface area contributed by atoms with Gasteiger partial charge in [0.25, 0.3) is 0 Å². The third-order valence-electron chi connectivity index (χ3n) is 2.80. The Morgan fingerprint density at radius 2 is 1.95 bits per heavy atom. The van der Waals surface area contributed by atoms with Crippen LogP contribution in [0, 0.1) is 23.0 Å². The first-order valence-corrected chi connectivity index (χ1v) is 5.52. The normalized spacial score (nSPS) is 10.6. The van der Waals surface area contributed by atoms with Crippen molar-refractivity contribution in [2.45, 2.75) is 0 Å². The molecule has 0 bridgehead atoms. The van der Waals surface area contributed by atoms with Crippen LogP contribution in [0.5, 0.6) is 0 Å². The lowest BCUT2D eigenvalue weighted by Gasteiger charge is -1.98. The smallest absolute Gasteiger partial charge is 0.141 e. The Labute approximate surface area is 107 Å². The van der Waals surface area contributed by atoms with E-state index in [4.69, 9.17) is 5.26 Å². The monoisotopic (exact) mass is 255 g/mol. The van der Waals surface area contributed by atoms with Crippen LogP contribution in [0.25, 0.3) is 22.4 Å². The number of hydrogen-bond donors (Lipinski definition) is 1. The van der Waals surface area contributed by atoms with Crippen LogP contribution in [0.1, 0.15) is 5.56 Å². The molecule has 1 N–H and O–H groups in total. The predicted octanol–water partition coefficient (Wildman–Crippen LogP) is 3.38. The van der Waals surface area contributed by atoms with Crippen molar-refractivity contribution in [2.75, 3.05) is 0 Å². The minimum absolute atomic E-state index is 0.191. The number of H-pyrrole nitrogens is 1. The quantitative estimate of drug-likeness (QED) is 0.724. The van der Waals surface area contributed by atoms with Gasteiger partial charge < -0.3 is 4.98 Å². The van der Waals surface area contributed by atoms with E-state index in [0.717, 1.165) is 6.07 Å². The number of halogens is 2. The summed E-state index contributed by atoms with van der Waals surface area (Å²) in [6.07, 6.45) is 0. The van der Waals surface area contributed by atoms with Crippen molar-refractivity contribution in [1.82, 2.24) is 9.97 Å². The summed E-state index contributed by atoms with van der Waals surface area (Å²) in [6, 6.07) is 10.3. The highest BCUT2D eigenvalue weighted by Crippen LogP contribution is 2.24. The summed E-state index contributed by atoms with van der Waals surface area (Å²) in [5.41, 5.74) is 1.94. The van der Waals surface area contributed by atoms with E-state index in [0.29, 0.717) is 22.4 Å². The molecule has 0 aliphatic rings. The molecule has 2 aromatic carbocycles. The van der Waals surface area contributed by atoms with Crippen LogP contribution in [-0.2, 0) is 0 Å². The Bertz CT molecular complexity index is 815. The Morgan fingerprint density at radius 3 is 2.68 bits per heavy atom. The lowest BCUT2D eigenvalue weighted by Crippen LogP contribution is -1.87. The second-order valence-electron chi connectivity index (χ2n) is 4.05. The molecule has 0 aliphatic heterocycles. The highest BCUT2D eigenvalue weighted by Gasteiger charge is 2.11. The molecule has 1 aromatic heterocycles. The number of nitriles is 1. The summed E-state index contributed by atoms with van der Waals surface area (Å²) in [7, 11) is 0.